The lowest BCUT2D eigenvalue weighted by molar-refractivity contribution is -0.354. The van der Waals surface area contributed by atoms with Crippen molar-refractivity contribution in [1.82, 2.24) is 0 Å². The second-order valence-corrected chi connectivity index (χ2v) is 7.90. The van der Waals surface area contributed by atoms with Gasteiger partial charge in [-0.05, 0) is 0 Å². The van der Waals surface area contributed by atoms with E-state index in [0.29, 0.717) is 0 Å². The number of aliphatic hydroxyl groups excluding tert-OH is 3. The van der Waals surface area contributed by atoms with Gasteiger partial charge in [0, 0.05) is 33.8 Å². The average Bonchev–Trinajstić information content (AvgIpc) is 2.74. The molecular formula is C20H32O13. The summed E-state index contributed by atoms with van der Waals surface area (Å²) in [5, 5.41) is 31.4. The highest BCUT2D eigenvalue weighted by Crippen LogP contribution is 2.33. The maximum Gasteiger partial charge on any atom is 0.303 e. The van der Waals surface area contributed by atoms with Crippen molar-refractivity contribution in [3.8, 4) is 0 Å². The summed E-state index contributed by atoms with van der Waals surface area (Å²) in [4.78, 5) is 34.4. The van der Waals surface area contributed by atoms with Gasteiger partial charge >= 0.3 is 17.9 Å². The Balaban J connectivity index is 2.30. The largest absolute Gasteiger partial charge is 0.463 e. The van der Waals surface area contributed by atoms with Crippen LogP contribution in [0.25, 0.3) is 0 Å². The molecule has 0 aliphatic carbocycles. The maximum absolute atomic E-state index is 11.6. The van der Waals surface area contributed by atoms with E-state index in [-0.39, 0.29) is 6.61 Å². The number of hydrogen-bond acceptors (Lipinski definition) is 13. The topological polar surface area (TPSA) is 177 Å². The van der Waals surface area contributed by atoms with Crippen molar-refractivity contribution in [1.29, 1.82) is 0 Å². The van der Waals surface area contributed by atoms with Crippen molar-refractivity contribution in [2.75, 3.05) is 20.3 Å². The van der Waals surface area contributed by atoms with Crippen LogP contribution in [0.2, 0.25) is 0 Å². The normalized spacial score (nSPS) is 38.9. The smallest absolute Gasteiger partial charge is 0.303 e. The molecule has 2 rings (SSSR count). The Morgan fingerprint density at radius 1 is 0.818 bits per heavy atom. The molecule has 0 spiro atoms. The minimum atomic E-state index is -1.55. The molecule has 0 bridgehead atoms. The van der Waals surface area contributed by atoms with Gasteiger partial charge in [0.25, 0.3) is 0 Å². The number of carbonyl (C=O) groups is 3. The zero-order chi connectivity index (χ0) is 24.9. The Bertz CT molecular complexity index is 683. The van der Waals surface area contributed by atoms with Crippen molar-refractivity contribution in [2.24, 2.45) is 5.92 Å². The van der Waals surface area contributed by atoms with Crippen LogP contribution in [0, 0.1) is 5.92 Å². The average molecular weight is 480 g/mol. The highest BCUT2D eigenvalue weighted by atomic mass is 16.8. The molecule has 2 aliphatic heterocycles. The summed E-state index contributed by atoms with van der Waals surface area (Å²) in [6.07, 6.45) is -11.4. The maximum atomic E-state index is 11.6. The molecule has 0 aromatic carbocycles. The number of esters is 3. The molecule has 10 unspecified atom stereocenters. The fraction of sp³-hybridized carbons (Fsp3) is 0.850. The van der Waals surface area contributed by atoms with E-state index in [9.17, 15) is 29.7 Å². The molecule has 0 aromatic heterocycles. The van der Waals surface area contributed by atoms with Crippen LogP contribution in [0.4, 0.5) is 0 Å². The van der Waals surface area contributed by atoms with E-state index in [4.69, 9.17) is 33.2 Å². The van der Waals surface area contributed by atoms with Crippen LogP contribution in [-0.4, -0.2) is 109 Å². The molecule has 13 nitrogen and oxygen atoms in total. The molecule has 2 heterocycles. The highest BCUT2D eigenvalue weighted by molar-refractivity contribution is 5.66. The van der Waals surface area contributed by atoms with Gasteiger partial charge in [0.1, 0.15) is 37.1 Å². The lowest BCUT2D eigenvalue weighted by atomic mass is 9.90. The Morgan fingerprint density at radius 2 is 1.36 bits per heavy atom. The van der Waals surface area contributed by atoms with E-state index in [1.165, 1.54) is 14.0 Å². The van der Waals surface area contributed by atoms with Gasteiger partial charge in [-0.2, -0.15) is 0 Å². The van der Waals surface area contributed by atoms with Gasteiger partial charge in [0.05, 0.1) is 6.61 Å². The molecule has 2 saturated heterocycles. The molecule has 33 heavy (non-hydrogen) atoms. The minimum absolute atomic E-state index is 0.213. The predicted octanol–water partition coefficient (Wildman–Crippen LogP) is -1.76. The molecule has 10 atom stereocenters. The zero-order valence-electron chi connectivity index (χ0n) is 19.1. The van der Waals surface area contributed by atoms with E-state index in [1.54, 1.807) is 6.92 Å². The Kier molecular flexibility index (Phi) is 9.97. The van der Waals surface area contributed by atoms with E-state index >= 15 is 0 Å². The molecule has 0 saturated carbocycles. The van der Waals surface area contributed by atoms with Gasteiger partial charge in [-0.25, -0.2) is 0 Å². The van der Waals surface area contributed by atoms with E-state index in [2.05, 4.69) is 0 Å². The third-order valence-corrected chi connectivity index (χ3v) is 5.41. The Morgan fingerprint density at radius 3 is 1.85 bits per heavy atom. The number of carbonyl (C=O) groups excluding carboxylic acids is 3. The van der Waals surface area contributed by atoms with E-state index in [0.717, 1.165) is 13.8 Å². The summed E-state index contributed by atoms with van der Waals surface area (Å²) >= 11 is 0. The summed E-state index contributed by atoms with van der Waals surface area (Å²) < 4.78 is 37.6. The Hall–Kier alpha value is -1.87. The van der Waals surface area contributed by atoms with Crippen LogP contribution < -0.4 is 0 Å². The standard InChI is InChI=1S/C20H32O13/c1-8-13(7-28-9(2)22)32-20(17(14(8)25)29-10(3)23)33-16-12(6-21)31-19(27-5)18(15(16)26)30-11(4)24/h8,12-21,25-26H,6-7H2,1-5H3. The lowest BCUT2D eigenvalue weighted by Crippen LogP contribution is -2.64. The molecule has 0 amide bonds. The van der Waals surface area contributed by atoms with E-state index < -0.39 is 85.7 Å². The SMILES string of the molecule is COC1OC(CO)C(OC2OC(COC(C)=O)C(C)C(O)C2OC(C)=O)C(O)C1OC(C)=O. The number of ether oxygens (including phenoxy) is 7. The fourth-order valence-corrected chi connectivity index (χ4v) is 3.74. The second kappa shape index (κ2) is 12.0. The molecular weight excluding hydrogens is 448 g/mol. The van der Waals surface area contributed by atoms with Crippen molar-refractivity contribution in [2.45, 2.75) is 83.0 Å². The van der Waals surface area contributed by atoms with Crippen LogP contribution in [-0.2, 0) is 47.5 Å². The summed E-state index contributed by atoms with van der Waals surface area (Å²) in [6, 6.07) is 0. The van der Waals surface area contributed by atoms with Crippen LogP contribution in [0.3, 0.4) is 0 Å². The van der Waals surface area contributed by atoms with Gasteiger partial charge in [-0.1, -0.05) is 6.92 Å². The monoisotopic (exact) mass is 480 g/mol. The van der Waals surface area contributed by atoms with E-state index in [1.807, 2.05) is 0 Å². The first-order valence-electron chi connectivity index (χ1n) is 10.4. The predicted molar refractivity (Wildman–Crippen MR) is 105 cm³/mol. The summed E-state index contributed by atoms with van der Waals surface area (Å²) in [7, 11) is 1.27. The summed E-state index contributed by atoms with van der Waals surface area (Å²) in [5.74, 6) is -2.63. The second-order valence-electron chi connectivity index (χ2n) is 7.90. The van der Waals surface area contributed by atoms with Gasteiger partial charge in [0.15, 0.2) is 24.8 Å². The van der Waals surface area contributed by atoms with Gasteiger partial charge in [-0.3, -0.25) is 14.4 Å². The third-order valence-electron chi connectivity index (χ3n) is 5.41. The van der Waals surface area contributed by atoms with Crippen LogP contribution in [0.1, 0.15) is 27.7 Å². The molecule has 0 aromatic rings. The summed E-state index contributed by atoms with van der Waals surface area (Å²) in [6.45, 7) is 4.26. The summed E-state index contributed by atoms with van der Waals surface area (Å²) in [5.41, 5.74) is 0. The van der Waals surface area contributed by atoms with Crippen LogP contribution in [0.15, 0.2) is 0 Å². The first kappa shape index (κ1) is 27.4. The molecule has 13 heteroatoms. The van der Waals surface area contributed by atoms with Gasteiger partial charge in [0.2, 0.25) is 0 Å². The number of rotatable bonds is 8. The molecule has 0 radical (unpaired) electrons. The number of aliphatic hydroxyl groups is 3. The zero-order valence-corrected chi connectivity index (χ0v) is 19.1. The van der Waals surface area contributed by atoms with Gasteiger partial charge in [-0.15, -0.1) is 0 Å². The van der Waals surface area contributed by atoms with Crippen molar-refractivity contribution >= 4 is 17.9 Å². The van der Waals surface area contributed by atoms with Crippen molar-refractivity contribution in [3.05, 3.63) is 0 Å². The number of methoxy groups -OCH3 is 1. The number of hydrogen-bond donors (Lipinski definition) is 3. The van der Waals surface area contributed by atoms with Crippen molar-refractivity contribution in [3.63, 3.8) is 0 Å². The minimum Gasteiger partial charge on any atom is -0.463 e. The lowest BCUT2D eigenvalue weighted by Gasteiger charge is -2.47. The van der Waals surface area contributed by atoms with Crippen LogP contribution >= 0.6 is 0 Å². The molecule has 3 N–H and O–H groups in total. The molecule has 2 fully saturated rings. The molecule has 190 valence electrons. The first-order chi connectivity index (χ1) is 15.5. The molecule has 2 aliphatic rings. The third kappa shape index (κ3) is 6.82. The fourth-order valence-electron chi connectivity index (χ4n) is 3.74. The first-order valence-corrected chi connectivity index (χ1v) is 10.4. The van der Waals surface area contributed by atoms with Crippen LogP contribution in [0.5, 0.6) is 0 Å². The quantitative estimate of drug-likeness (QED) is 0.263. The Labute approximate surface area is 190 Å². The van der Waals surface area contributed by atoms with Gasteiger partial charge < -0.3 is 48.5 Å². The van der Waals surface area contributed by atoms with Crippen molar-refractivity contribution < 1.29 is 62.9 Å². The highest BCUT2D eigenvalue weighted by Gasteiger charge is 2.52.